The second-order valence-corrected chi connectivity index (χ2v) is 5.89. The van der Waals surface area contributed by atoms with E-state index < -0.39 is 11.9 Å². The van der Waals surface area contributed by atoms with Gasteiger partial charge < -0.3 is 21.7 Å². The minimum absolute atomic E-state index is 0. The van der Waals surface area contributed by atoms with Crippen LogP contribution in [0.4, 0.5) is 0 Å². The Kier molecular flexibility index (Phi) is 9.04. The number of hydrogen-bond donors (Lipinski definition) is 3. The lowest BCUT2D eigenvalue weighted by atomic mass is 9.99. The summed E-state index contributed by atoms with van der Waals surface area (Å²) < 4.78 is 0. The number of primary amides is 1. The molecule has 0 bridgehead atoms. The van der Waals surface area contributed by atoms with Crippen LogP contribution in [-0.4, -0.2) is 47.8 Å². The Labute approximate surface area is 137 Å². The molecule has 0 aromatic rings. The van der Waals surface area contributed by atoms with Crippen LogP contribution in [0.3, 0.4) is 0 Å². The summed E-state index contributed by atoms with van der Waals surface area (Å²) >= 11 is 0. The second kappa shape index (κ2) is 9.63. The third-order valence-corrected chi connectivity index (χ3v) is 3.82. The fraction of sp³-hybridized carbons (Fsp3) is 0.786. The van der Waals surface area contributed by atoms with Gasteiger partial charge in [0.15, 0.2) is 0 Å². The summed E-state index contributed by atoms with van der Waals surface area (Å²) in [6, 6.07) is -0.778. The number of nitrogens with two attached hydrogens (primary N) is 2. The van der Waals surface area contributed by atoms with E-state index in [4.69, 9.17) is 11.5 Å². The largest absolute Gasteiger partial charge is 0.370 e. The van der Waals surface area contributed by atoms with Crippen molar-refractivity contribution in [1.82, 2.24) is 10.2 Å². The van der Waals surface area contributed by atoms with E-state index in [1.165, 1.54) is 0 Å². The lowest BCUT2D eigenvalue weighted by Gasteiger charge is -2.35. The number of likely N-dealkylation sites (tertiary alicyclic amines) is 1. The van der Waals surface area contributed by atoms with Gasteiger partial charge in [0.25, 0.3) is 0 Å². The maximum Gasteiger partial charge on any atom is 0.242 e. The van der Waals surface area contributed by atoms with E-state index >= 15 is 0 Å². The molecule has 1 fully saturated rings. The fourth-order valence-corrected chi connectivity index (χ4v) is 2.46. The predicted octanol–water partition coefficient (Wildman–Crippen LogP) is -0.236. The van der Waals surface area contributed by atoms with Crippen LogP contribution in [0.15, 0.2) is 0 Å². The topological polar surface area (TPSA) is 119 Å². The van der Waals surface area contributed by atoms with Gasteiger partial charge >= 0.3 is 0 Å². The normalized spacial score (nSPS) is 19.3. The van der Waals surface area contributed by atoms with Crippen molar-refractivity contribution in [3.63, 3.8) is 0 Å². The van der Waals surface area contributed by atoms with E-state index in [0.29, 0.717) is 6.54 Å². The molecular weight excluding hydrogens is 308 g/mol. The van der Waals surface area contributed by atoms with Crippen LogP contribution >= 0.6 is 12.4 Å². The molecule has 1 unspecified atom stereocenters. The number of carbonyl (C=O) groups excluding carboxylic acids is 3. The summed E-state index contributed by atoms with van der Waals surface area (Å²) in [5.41, 5.74) is 10.9. The van der Waals surface area contributed by atoms with Crippen LogP contribution in [0.1, 0.15) is 39.5 Å². The summed E-state index contributed by atoms with van der Waals surface area (Å²) in [5, 5.41) is 2.56. The Balaban J connectivity index is 0.00000441. The second-order valence-electron chi connectivity index (χ2n) is 5.89. The number of halogens is 1. The zero-order valence-electron chi connectivity index (χ0n) is 13.2. The molecule has 0 radical (unpaired) electrons. The van der Waals surface area contributed by atoms with E-state index in [0.717, 1.165) is 19.3 Å². The lowest BCUT2D eigenvalue weighted by Crippen LogP contribution is -2.51. The summed E-state index contributed by atoms with van der Waals surface area (Å²) in [6.45, 7) is 4.20. The molecule has 8 heteroatoms. The molecule has 22 heavy (non-hydrogen) atoms. The summed E-state index contributed by atoms with van der Waals surface area (Å²) in [4.78, 5) is 36.7. The lowest BCUT2D eigenvalue weighted by molar-refractivity contribution is -0.137. The fourth-order valence-electron chi connectivity index (χ4n) is 2.46. The molecule has 0 saturated carbocycles. The molecule has 0 aromatic heterocycles. The smallest absolute Gasteiger partial charge is 0.242 e. The summed E-state index contributed by atoms with van der Waals surface area (Å²) in [6.07, 6.45) is 2.83. The van der Waals surface area contributed by atoms with Gasteiger partial charge in [-0.05, 0) is 25.2 Å². The molecule has 5 N–H and O–H groups in total. The number of rotatable bonds is 6. The van der Waals surface area contributed by atoms with Crippen LogP contribution in [0.2, 0.25) is 0 Å². The first-order valence-electron chi connectivity index (χ1n) is 7.44. The van der Waals surface area contributed by atoms with Gasteiger partial charge in [-0.3, -0.25) is 14.4 Å². The number of carbonyl (C=O) groups is 3. The molecule has 0 aromatic carbocycles. The van der Waals surface area contributed by atoms with Crippen molar-refractivity contribution in [2.45, 2.75) is 51.6 Å². The maximum absolute atomic E-state index is 12.2. The highest BCUT2D eigenvalue weighted by molar-refractivity contribution is 5.88. The van der Waals surface area contributed by atoms with Crippen molar-refractivity contribution in [3.8, 4) is 0 Å². The minimum atomic E-state index is -0.624. The molecule has 1 aliphatic rings. The maximum atomic E-state index is 12.2. The molecule has 0 spiro atoms. The van der Waals surface area contributed by atoms with Gasteiger partial charge in [-0.15, -0.1) is 12.4 Å². The van der Waals surface area contributed by atoms with Gasteiger partial charge in [-0.1, -0.05) is 13.8 Å². The van der Waals surface area contributed by atoms with Gasteiger partial charge in [0.2, 0.25) is 17.7 Å². The zero-order chi connectivity index (χ0) is 16.0. The first kappa shape index (κ1) is 20.7. The van der Waals surface area contributed by atoms with Crippen molar-refractivity contribution in [1.29, 1.82) is 0 Å². The number of hydrogen-bond acceptors (Lipinski definition) is 4. The highest BCUT2D eigenvalue weighted by Gasteiger charge is 2.28. The van der Waals surface area contributed by atoms with E-state index in [9.17, 15) is 14.4 Å². The number of amides is 3. The molecule has 1 rings (SSSR count). The average molecular weight is 335 g/mol. The molecule has 1 saturated heterocycles. The predicted molar refractivity (Wildman–Crippen MR) is 86.2 cm³/mol. The van der Waals surface area contributed by atoms with Crippen molar-refractivity contribution in [2.75, 3.05) is 13.1 Å². The van der Waals surface area contributed by atoms with E-state index in [-0.39, 0.29) is 49.1 Å². The van der Waals surface area contributed by atoms with E-state index in [1.807, 2.05) is 13.8 Å². The van der Waals surface area contributed by atoms with Crippen LogP contribution in [0, 0.1) is 5.92 Å². The Morgan fingerprint density at radius 3 is 2.45 bits per heavy atom. The number of nitrogens with one attached hydrogen (secondary N) is 1. The van der Waals surface area contributed by atoms with E-state index in [1.54, 1.807) is 4.90 Å². The van der Waals surface area contributed by atoms with Crippen LogP contribution in [-0.2, 0) is 14.4 Å². The highest BCUT2D eigenvalue weighted by atomic mass is 35.5. The summed E-state index contributed by atoms with van der Waals surface area (Å²) in [7, 11) is 0. The monoisotopic (exact) mass is 334 g/mol. The van der Waals surface area contributed by atoms with Gasteiger partial charge in [0.1, 0.15) is 0 Å². The Hall–Kier alpha value is -1.34. The van der Waals surface area contributed by atoms with E-state index in [2.05, 4.69) is 5.32 Å². The van der Waals surface area contributed by atoms with Crippen molar-refractivity contribution >= 4 is 30.1 Å². The van der Waals surface area contributed by atoms with Crippen molar-refractivity contribution in [2.24, 2.45) is 17.4 Å². The molecule has 3 amide bonds. The standard InChI is InChI=1S/C14H26N4O3.ClH/c1-9(2)13(16)14(21)17-8-12(20)18-6-4-3-5-10(18)7-11(15)19;/h9-10,13H,3-8,16H2,1-2H3,(H2,15,19)(H,17,21);1H/t10?,13-;/m0./s1. The number of nitrogens with zero attached hydrogens (tertiary/aromatic N) is 1. The zero-order valence-corrected chi connectivity index (χ0v) is 14.0. The molecular formula is C14H27ClN4O3. The number of piperidine rings is 1. The molecule has 0 aliphatic carbocycles. The minimum Gasteiger partial charge on any atom is -0.370 e. The molecule has 128 valence electrons. The van der Waals surface area contributed by atoms with Crippen molar-refractivity contribution in [3.05, 3.63) is 0 Å². The van der Waals surface area contributed by atoms with Crippen LogP contribution in [0.25, 0.3) is 0 Å². The van der Waals surface area contributed by atoms with Crippen molar-refractivity contribution < 1.29 is 14.4 Å². The Morgan fingerprint density at radius 1 is 1.27 bits per heavy atom. The third kappa shape index (κ3) is 6.19. The summed E-state index contributed by atoms with van der Waals surface area (Å²) in [5.74, 6) is -0.921. The molecule has 7 nitrogen and oxygen atoms in total. The molecule has 2 atom stereocenters. The average Bonchev–Trinajstić information content (AvgIpc) is 2.43. The molecule has 1 heterocycles. The first-order chi connectivity index (χ1) is 9.82. The quantitative estimate of drug-likeness (QED) is 0.621. The van der Waals surface area contributed by atoms with Gasteiger partial charge in [-0.25, -0.2) is 0 Å². The van der Waals surface area contributed by atoms with Crippen LogP contribution in [0.5, 0.6) is 0 Å². The molecule has 1 aliphatic heterocycles. The highest BCUT2D eigenvalue weighted by Crippen LogP contribution is 2.19. The van der Waals surface area contributed by atoms with Crippen LogP contribution < -0.4 is 16.8 Å². The first-order valence-corrected chi connectivity index (χ1v) is 7.44. The SMILES string of the molecule is CC(C)[C@H](N)C(=O)NCC(=O)N1CCCCC1CC(N)=O.Cl. The van der Waals surface area contributed by atoms with Gasteiger partial charge in [-0.2, -0.15) is 0 Å². The van der Waals surface area contributed by atoms with Gasteiger partial charge in [0, 0.05) is 19.0 Å². The Morgan fingerprint density at radius 2 is 1.91 bits per heavy atom. The third-order valence-electron chi connectivity index (χ3n) is 3.82. The Bertz CT molecular complexity index is 404. The van der Waals surface area contributed by atoms with Gasteiger partial charge in [0.05, 0.1) is 12.6 Å².